The van der Waals surface area contributed by atoms with Crippen LogP contribution in [0.4, 0.5) is 5.69 Å². The van der Waals surface area contributed by atoms with Gasteiger partial charge in [0.1, 0.15) is 5.54 Å². The van der Waals surface area contributed by atoms with Crippen molar-refractivity contribution in [3.63, 3.8) is 0 Å². The van der Waals surface area contributed by atoms with E-state index in [1.807, 2.05) is 31.2 Å². The van der Waals surface area contributed by atoms with E-state index in [1.165, 1.54) is 0 Å². The molecular formula is C16H16Cl2N2O. The number of aryl methyl sites for hydroxylation is 1. The third-order valence-electron chi connectivity index (χ3n) is 3.44. The number of benzene rings is 2. The second kappa shape index (κ2) is 5.96. The number of halogens is 2. The lowest BCUT2D eigenvalue weighted by molar-refractivity contribution is -0.122. The van der Waals surface area contributed by atoms with Crippen LogP contribution in [0.15, 0.2) is 42.5 Å². The maximum Gasteiger partial charge on any atom is 0.247 e. The second-order valence-corrected chi connectivity index (χ2v) is 5.92. The van der Waals surface area contributed by atoms with Crippen LogP contribution in [0.25, 0.3) is 0 Å². The summed E-state index contributed by atoms with van der Waals surface area (Å²) in [6, 6.07) is 12.7. The first-order chi connectivity index (χ1) is 9.83. The molecule has 0 radical (unpaired) electrons. The summed E-state index contributed by atoms with van der Waals surface area (Å²) in [5.41, 5.74) is 7.10. The molecular weight excluding hydrogens is 307 g/mol. The first-order valence-electron chi connectivity index (χ1n) is 6.43. The Hall–Kier alpha value is -1.71. The van der Waals surface area contributed by atoms with Gasteiger partial charge in [0.25, 0.3) is 0 Å². The van der Waals surface area contributed by atoms with Crippen LogP contribution in [-0.4, -0.2) is 5.91 Å². The summed E-state index contributed by atoms with van der Waals surface area (Å²) >= 11 is 12.0. The van der Waals surface area contributed by atoms with Gasteiger partial charge in [0.2, 0.25) is 5.91 Å². The molecule has 0 aliphatic rings. The average Bonchev–Trinajstić information content (AvgIpc) is 2.44. The van der Waals surface area contributed by atoms with Crippen LogP contribution in [0.5, 0.6) is 0 Å². The van der Waals surface area contributed by atoms with Gasteiger partial charge in [-0.15, -0.1) is 0 Å². The van der Waals surface area contributed by atoms with E-state index in [-0.39, 0.29) is 0 Å². The fourth-order valence-corrected chi connectivity index (χ4v) is 2.31. The van der Waals surface area contributed by atoms with E-state index in [4.69, 9.17) is 28.9 Å². The highest BCUT2D eigenvalue weighted by Crippen LogP contribution is 2.31. The Morgan fingerprint density at radius 2 is 1.71 bits per heavy atom. The third-order valence-corrected chi connectivity index (χ3v) is 4.17. The normalized spacial score (nSPS) is 13.5. The van der Waals surface area contributed by atoms with Crippen molar-refractivity contribution in [1.82, 2.24) is 0 Å². The van der Waals surface area contributed by atoms with Crippen LogP contribution in [0.3, 0.4) is 0 Å². The number of rotatable bonds is 4. The van der Waals surface area contributed by atoms with Gasteiger partial charge in [0.05, 0.1) is 10.0 Å². The molecule has 0 spiro atoms. The van der Waals surface area contributed by atoms with Gasteiger partial charge in [-0.2, -0.15) is 0 Å². The molecule has 5 heteroatoms. The van der Waals surface area contributed by atoms with E-state index in [0.717, 1.165) is 11.3 Å². The Labute approximate surface area is 134 Å². The van der Waals surface area contributed by atoms with Crippen LogP contribution >= 0.6 is 23.2 Å². The largest absolute Gasteiger partial charge is 0.368 e. The van der Waals surface area contributed by atoms with Gasteiger partial charge in [0, 0.05) is 5.69 Å². The monoisotopic (exact) mass is 322 g/mol. The lowest BCUT2D eigenvalue weighted by Gasteiger charge is -2.29. The molecule has 1 amide bonds. The average molecular weight is 323 g/mol. The van der Waals surface area contributed by atoms with E-state index in [9.17, 15) is 4.79 Å². The van der Waals surface area contributed by atoms with E-state index < -0.39 is 11.4 Å². The van der Waals surface area contributed by atoms with Crippen molar-refractivity contribution in [3.05, 3.63) is 63.6 Å². The van der Waals surface area contributed by atoms with E-state index in [2.05, 4.69) is 5.32 Å². The van der Waals surface area contributed by atoms with E-state index in [0.29, 0.717) is 15.6 Å². The number of amides is 1. The summed E-state index contributed by atoms with van der Waals surface area (Å²) in [7, 11) is 0. The molecule has 1 unspecified atom stereocenters. The first kappa shape index (κ1) is 15.7. The third kappa shape index (κ3) is 3.31. The SMILES string of the molecule is Cc1ccc(NC(C)(C(N)=O)c2ccc(Cl)c(Cl)c2)cc1. The number of anilines is 1. The standard InChI is InChI=1S/C16H16Cl2N2O/c1-10-3-6-12(7-4-10)20-16(2,15(19)21)11-5-8-13(17)14(18)9-11/h3-9,20H,1-2H3,(H2,19,21). The van der Waals surface area contributed by atoms with Gasteiger partial charge < -0.3 is 11.1 Å². The molecule has 0 heterocycles. The molecule has 0 fully saturated rings. The number of hydrogen-bond donors (Lipinski definition) is 2. The van der Waals surface area contributed by atoms with Gasteiger partial charge in [0.15, 0.2) is 0 Å². The molecule has 2 aromatic carbocycles. The second-order valence-electron chi connectivity index (χ2n) is 5.11. The van der Waals surface area contributed by atoms with Crippen LogP contribution < -0.4 is 11.1 Å². The summed E-state index contributed by atoms with van der Waals surface area (Å²) in [4.78, 5) is 12.0. The maximum atomic E-state index is 12.0. The highest BCUT2D eigenvalue weighted by atomic mass is 35.5. The summed E-state index contributed by atoms with van der Waals surface area (Å²) in [6.45, 7) is 3.71. The Balaban J connectivity index is 2.42. The zero-order chi connectivity index (χ0) is 15.6. The number of hydrogen-bond acceptors (Lipinski definition) is 2. The molecule has 0 aliphatic heterocycles. The molecule has 0 aliphatic carbocycles. The summed E-state index contributed by atoms with van der Waals surface area (Å²) in [5, 5.41) is 3.98. The predicted octanol–water partition coefficient (Wildman–Crippen LogP) is 4.11. The fraction of sp³-hybridized carbons (Fsp3) is 0.188. The number of carbonyl (C=O) groups is 1. The number of nitrogens with two attached hydrogens (primary N) is 1. The smallest absolute Gasteiger partial charge is 0.247 e. The highest BCUT2D eigenvalue weighted by molar-refractivity contribution is 6.42. The molecule has 21 heavy (non-hydrogen) atoms. The zero-order valence-electron chi connectivity index (χ0n) is 11.8. The quantitative estimate of drug-likeness (QED) is 0.889. The Morgan fingerprint density at radius 1 is 1.10 bits per heavy atom. The van der Waals surface area contributed by atoms with Crippen LogP contribution in [0.2, 0.25) is 10.0 Å². The summed E-state index contributed by atoms with van der Waals surface area (Å²) in [6.07, 6.45) is 0. The van der Waals surface area contributed by atoms with Crippen LogP contribution in [0, 0.1) is 6.92 Å². The highest BCUT2D eigenvalue weighted by Gasteiger charge is 2.33. The number of primary amides is 1. The van der Waals surface area contributed by atoms with Crippen molar-refractivity contribution < 1.29 is 4.79 Å². The Bertz CT molecular complexity index is 670. The first-order valence-corrected chi connectivity index (χ1v) is 7.19. The van der Waals surface area contributed by atoms with Crippen molar-refractivity contribution in [2.45, 2.75) is 19.4 Å². The topological polar surface area (TPSA) is 55.1 Å². The lowest BCUT2D eigenvalue weighted by Crippen LogP contribution is -2.45. The lowest BCUT2D eigenvalue weighted by atomic mass is 9.90. The van der Waals surface area contributed by atoms with Crippen molar-refractivity contribution in [2.75, 3.05) is 5.32 Å². The number of nitrogens with one attached hydrogen (secondary N) is 1. The summed E-state index contributed by atoms with van der Waals surface area (Å²) < 4.78 is 0. The molecule has 1 atom stereocenters. The molecule has 0 saturated heterocycles. The molecule has 2 aromatic rings. The fourth-order valence-electron chi connectivity index (χ4n) is 2.01. The number of carbonyl (C=O) groups excluding carboxylic acids is 1. The van der Waals surface area contributed by atoms with E-state index >= 15 is 0 Å². The van der Waals surface area contributed by atoms with Crippen LogP contribution in [0.1, 0.15) is 18.1 Å². The Kier molecular flexibility index (Phi) is 4.45. The molecule has 0 bridgehead atoms. The molecule has 0 aromatic heterocycles. The maximum absolute atomic E-state index is 12.0. The minimum atomic E-state index is -1.08. The Morgan fingerprint density at radius 3 is 2.24 bits per heavy atom. The summed E-state index contributed by atoms with van der Waals surface area (Å²) in [5.74, 6) is -0.499. The minimum absolute atomic E-state index is 0.382. The van der Waals surface area contributed by atoms with Gasteiger partial charge in [-0.3, -0.25) is 4.79 Å². The molecule has 110 valence electrons. The van der Waals surface area contributed by atoms with Gasteiger partial charge in [-0.1, -0.05) is 47.0 Å². The van der Waals surface area contributed by atoms with Crippen molar-refractivity contribution in [3.8, 4) is 0 Å². The van der Waals surface area contributed by atoms with Gasteiger partial charge in [-0.25, -0.2) is 0 Å². The van der Waals surface area contributed by atoms with Crippen molar-refractivity contribution in [2.24, 2.45) is 5.73 Å². The van der Waals surface area contributed by atoms with Crippen molar-refractivity contribution in [1.29, 1.82) is 0 Å². The van der Waals surface area contributed by atoms with Gasteiger partial charge in [-0.05, 0) is 43.7 Å². The molecule has 2 rings (SSSR count). The minimum Gasteiger partial charge on any atom is -0.368 e. The van der Waals surface area contributed by atoms with E-state index in [1.54, 1.807) is 25.1 Å². The molecule has 0 saturated carbocycles. The van der Waals surface area contributed by atoms with Crippen LogP contribution in [-0.2, 0) is 10.3 Å². The molecule has 3 nitrogen and oxygen atoms in total. The molecule has 3 N–H and O–H groups in total. The predicted molar refractivity (Wildman–Crippen MR) is 87.8 cm³/mol. The zero-order valence-corrected chi connectivity index (χ0v) is 13.3. The van der Waals surface area contributed by atoms with Crippen molar-refractivity contribution >= 4 is 34.8 Å². The van der Waals surface area contributed by atoms with Gasteiger partial charge >= 0.3 is 0 Å².